The van der Waals surface area contributed by atoms with Crippen LogP contribution in [0.1, 0.15) is 11.4 Å². The number of aromatic nitrogens is 4. The number of rotatable bonds is 4. The van der Waals surface area contributed by atoms with Crippen LogP contribution in [0.2, 0.25) is 0 Å². The van der Waals surface area contributed by atoms with Crippen LogP contribution in [0, 0.1) is 0 Å². The molecular formula is C10H12N6S. The maximum absolute atomic E-state index is 5.43. The van der Waals surface area contributed by atoms with Crippen LogP contribution in [-0.2, 0) is 13.6 Å². The number of nitrogens with two attached hydrogens (primary N) is 1. The van der Waals surface area contributed by atoms with Gasteiger partial charge in [0.05, 0.1) is 24.6 Å². The molecule has 6 nitrogen and oxygen atoms in total. The third-order valence-corrected chi connectivity index (χ3v) is 2.33. The molecule has 0 bridgehead atoms. The van der Waals surface area contributed by atoms with Gasteiger partial charge in [-0.05, 0) is 6.07 Å². The first-order valence-corrected chi connectivity index (χ1v) is 5.40. The van der Waals surface area contributed by atoms with Crippen LogP contribution in [0.5, 0.6) is 0 Å². The van der Waals surface area contributed by atoms with Crippen LogP contribution < -0.4 is 11.1 Å². The molecule has 2 aromatic rings. The Hall–Kier alpha value is -2.02. The third kappa shape index (κ3) is 2.97. The van der Waals surface area contributed by atoms with Crippen molar-refractivity contribution in [2.45, 2.75) is 6.54 Å². The first-order valence-electron chi connectivity index (χ1n) is 4.99. The summed E-state index contributed by atoms with van der Waals surface area (Å²) in [6.45, 7) is 0.599. The number of nitrogens with one attached hydrogen (secondary N) is 1. The largest absolute Gasteiger partial charge is 0.388 e. The molecule has 17 heavy (non-hydrogen) atoms. The Balaban J connectivity index is 1.97. The van der Waals surface area contributed by atoms with Gasteiger partial charge in [-0.3, -0.25) is 4.68 Å². The molecule has 0 spiro atoms. The predicted molar refractivity (Wildman–Crippen MR) is 68.5 cm³/mol. The highest BCUT2D eigenvalue weighted by Gasteiger charge is 2.01. The lowest BCUT2D eigenvalue weighted by Gasteiger charge is -2.03. The van der Waals surface area contributed by atoms with Crippen molar-refractivity contribution in [2.24, 2.45) is 12.8 Å². The highest BCUT2D eigenvalue weighted by molar-refractivity contribution is 7.80. The minimum atomic E-state index is 0.244. The summed E-state index contributed by atoms with van der Waals surface area (Å²) in [5.74, 6) is 0.663. The summed E-state index contributed by atoms with van der Waals surface area (Å²) < 4.78 is 1.75. The maximum Gasteiger partial charge on any atom is 0.144 e. The molecule has 3 N–H and O–H groups in total. The van der Waals surface area contributed by atoms with Crippen molar-refractivity contribution in [3.05, 3.63) is 36.0 Å². The Morgan fingerprint density at radius 1 is 1.47 bits per heavy atom. The number of nitrogens with zero attached hydrogens (tertiary/aromatic N) is 4. The molecule has 0 radical (unpaired) electrons. The molecule has 0 aliphatic carbocycles. The molecule has 2 aromatic heterocycles. The van der Waals surface area contributed by atoms with E-state index in [0.717, 1.165) is 5.69 Å². The number of anilines is 1. The second-order valence-electron chi connectivity index (χ2n) is 3.49. The van der Waals surface area contributed by atoms with Crippen LogP contribution in [0.4, 0.5) is 5.82 Å². The molecule has 88 valence electrons. The summed E-state index contributed by atoms with van der Waals surface area (Å²) in [4.78, 5) is 8.47. The SMILES string of the molecule is Cn1ccc(CNc2cnc(C(N)=S)cn2)n1. The van der Waals surface area contributed by atoms with E-state index in [1.165, 1.54) is 0 Å². The van der Waals surface area contributed by atoms with Crippen molar-refractivity contribution in [3.8, 4) is 0 Å². The summed E-state index contributed by atoms with van der Waals surface area (Å²) in [5.41, 5.74) is 6.88. The van der Waals surface area contributed by atoms with E-state index in [4.69, 9.17) is 18.0 Å². The lowest BCUT2D eigenvalue weighted by molar-refractivity contribution is 0.747. The topological polar surface area (TPSA) is 81.7 Å². The van der Waals surface area contributed by atoms with Crippen molar-refractivity contribution < 1.29 is 0 Å². The highest BCUT2D eigenvalue weighted by Crippen LogP contribution is 2.03. The zero-order chi connectivity index (χ0) is 12.3. The van der Waals surface area contributed by atoms with Crippen LogP contribution >= 0.6 is 12.2 Å². The molecule has 0 aliphatic rings. The van der Waals surface area contributed by atoms with Crippen molar-refractivity contribution in [1.82, 2.24) is 19.7 Å². The van der Waals surface area contributed by atoms with Gasteiger partial charge in [0.1, 0.15) is 16.5 Å². The van der Waals surface area contributed by atoms with Gasteiger partial charge in [-0.25, -0.2) is 9.97 Å². The fourth-order valence-corrected chi connectivity index (χ4v) is 1.39. The van der Waals surface area contributed by atoms with Gasteiger partial charge in [0, 0.05) is 13.2 Å². The quantitative estimate of drug-likeness (QED) is 0.765. The normalized spacial score (nSPS) is 10.2. The van der Waals surface area contributed by atoms with E-state index in [0.29, 0.717) is 18.1 Å². The van der Waals surface area contributed by atoms with Gasteiger partial charge in [-0.15, -0.1) is 0 Å². The first kappa shape index (κ1) is 11.5. The number of hydrogen-bond acceptors (Lipinski definition) is 5. The van der Waals surface area contributed by atoms with Gasteiger partial charge in [0.2, 0.25) is 0 Å². The van der Waals surface area contributed by atoms with Gasteiger partial charge in [-0.1, -0.05) is 12.2 Å². The Labute approximate surface area is 104 Å². The monoisotopic (exact) mass is 248 g/mol. The summed E-state index contributed by atoms with van der Waals surface area (Å²) in [5, 5.41) is 7.34. The van der Waals surface area contributed by atoms with Crippen molar-refractivity contribution >= 4 is 23.0 Å². The molecule has 0 fully saturated rings. The first-order chi connectivity index (χ1) is 8.15. The average Bonchev–Trinajstić information content (AvgIpc) is 2.73. The molecule has 0 atom stereocenters. The molecule has 0 aromatic carbocycles. The fraction of sp³-hybridized carbons (Fsp3) is 0.200. The molecule has 0 unspecified atom stereocenters. The molecule has 0 saturated heterocycles. The molecule has 2 rings (SSSR count). The van der Waals surface area contributed by atoms with Crippen LogP contribution in [0.15, 0.2) is 24.7 Å². The summed E-state index contributed by atoms with van der Waals surface area (Å²) in [6.07, 6.45) is 5.03. The van der Waals surface area contributed by atoms with Crippen LogP contribution in [0.25, 0.3) is 0 Å². The zero-order valence-electron chi connectivity index (χ0n) is 9.29. The standard InChI is InChI=1S/C10H12N6S/c1-16-3-2-7(15-16)4-13-9-6-12-8(5-14-9)10(11)17/h2-3,5-6H,4H2,1H3,(H2,11,17)(H,13,14). The second kappa shape index (κ2) is 4.88. The molecular weight excluding hydrogens is 236 g/mol. The Bertz CT molecular complexity index is 518. The van der Waals surface area contributed by atoms with Crippen LogP contribution in [0.3, 0.4) is 0 Å². The smallest absolute Gasteiger partial charge is 0.144 e. The molecule has 2 heterocycles. The number of thiocarbonyl (C=S) groups is 1. The van der Waals surface area contributed by atoms with Crippen molar-refractivity contribution in [3.63, 3.8) is 0 Å². The van der Waals surface area contributed by atoms with E-state index in [-0.39, 0.29) is 4.99 Å². The van der Waals surface area contributed by atoms with Crippen LogP contribution in [-0.4, -0.2) is 24.7 Å². The van der Waals surface area contributed by atoms with E-state index in [2.05, 4.69) is 20.4 Å². The molecule has 0 amide bonds. The Morgan fingerprint density at radius 2 is 2.29 bits per heavy atom. The van der Waals surface area contributed by atoms with Crippen molar-refractivity contribution in [2.75, 3.05) is 5.32 Å². The minimum Gasteiger partial charge on any atom is -0.388 e. The van der Waals surface area contributed by atoms with Gasteiger partial charge >= 0.3 is 0 Å². The van der Waals surface area contributed by atoms with E-state index < -0.39 is 0 Å². The Morgan fingerprint density at radius 3 is 2.82 bits per heavy atom. The average molecular weight is 248 g/mol. The van der Waals surface area contributed by atoms with E-state index in [1.54, 1.807) is 17.1 Å². The summed E-state index contributed by atoms with van der Waals surface area (Å²) in [7, 11) is 1.88. The highest BCUT2D eigenvalue weighted by atomic mass is 32.1. The zero-order valence-corrected chi connectivity index (χ0v) is 10.1. The van der Waals surface area contributed by atoms with Crippen molar-refractivity contribution in [1.29, 1.82) is 0 Å². The third-order valence-electron chi connectivity index (χ3n) is 2.12. The minimum absolute atomic E-state index is 0.244. The van der Waals surface area contributed by atoms with Gasteiger partial charge in [-0.2, -0.15) is 5.10 Å². The Kier molecular flexibility index (Phi) is 3.29. The van der Waals surface area contributed by atoms with E-state index in [9.17, 15) is 0 Å². The van der Waals surface area contributed by atoms with Gasteiger partial charge in [0.25, 0.3) is 0 Å². The second-order valence-corrected chi connectivity index (χ2v) is 3.93. The molecule has 7 heteroatoms. The summed E-state index contributed by atoms with van der Waals surface area (Å²) in [6, 6.07) is 1.93. The lowest BCUT2D eigenvalue weighted by Crippen LogP contribution is -2.12. The van der Waals surface area contributed by atoms with E-state index in [1.807, 2.05) is 19.3 Å². The number of aryl methyl sites for hydroxylation is 1. The summed E-state index contributed by atoms with van der Waals surface area (Å²) >= 11 is 4.79. The van der Waals surface area contributed by atoms with Gasteiger partial charge < -0.3 is 11.1 Å². The molecule has 0 aliphatic heterocycles. The maximum atomic E-state index is 5.43. The lowest BCUT2D eigenvalue weighted by atomic mass is 10.4. The molecule has 0 saturated carbocycles. The van der Waals surface area contributed by atoms with E-state index >= 15 is 0 Å². The van der Waals surface area contributed by atoms with Gasteiger partial charge in [0.15, 0.2) is 0 Å². The fourth-order valence-electron chi connectivity index (χ4n) is 1.29. The predicted octanol–water partition coefficient (Wildman–Crippen LogP) is 0.456. The number of hydrogen-bond donors (Lipinski definition) is 2.